The van der Waals surface area contributed by atoms with Crippen LogP contribution in [0.2, 0.25) is 0 Å². The maximum Gasteiger partial charge on any atom is 0.254 e. The molecule has 0 fully saturated rings. The van der Waals surface area contributed by atoms with Crippen LogP contribution in [0.15, 0.2) is 17.5 Å². The molecule has 0 radical (unpaired) electrons. The lowest BCUT2D eigenvalue weighted by molar-refractivity contribution is 0.0782. The van der Waals surface area contributed by atoms with Gasteiger partial charge >= 0.3 is 0 Å². The van der Waals surface area contributed by atoms with Gasteiger partial charge in [-0.1, -0.05) is 0 Å². The van der Waals surface area contributed by atoms with Gasteiger partial charge in [0.05, 0.1) is 17.2 Å². The summed E-state index contributed by atoms with van der Waals surface area (Å²) in [5.41, 5.74) is 2.10. The first-order valence-corrected chi connectivity index (χ1v) is 6.92. The number of aryl methyl sites for hydroxylation is 1. The summed E-state index contributed by atoms with van der Waals surface area (Å²) in [4.78, 5) is 17.8. The Bertz CT molecular complexity index is 651. The van der Waals surface area contributed by atoms with Crippen LogP contribution in [0.25, 0.3) is 0 Å². The SMILES string of the molecule is Cc1nc(CN(C)C(=O)c2cc(F)c(NN)c(F)c2)cs1. The van der Waals surface area contributed by atoms with E-state index in [-0.39, 0.29) is 12.1 Å². The first-order chi connectivity index (χ1) is 9.92. The highest BCUT2D eigenvalue weighted by Crippen LogP contribution is 2.21. The molecule has 0 aliphatic rings. The summed E-state index contributed by atoms with van der Waals surface area (Å²) in [5.74, 6) is 2.68. The van der Waals surface area contributed by atoms with Crippen molar-refractivity contribution in [3.8, 4) is 0 Å². The first-order valence-electron chi connectivity index (χ1n) is 6.04. The molecule has 0 saturated heterocycles. The third-order valence-corrected chi connectivity index (χ3v) is 3.67. The van der Waals surface area contributed by atoms with Crippen molar-refractivity contribution in [2.75, 3.05) is 12.5 Å². The van der Waals surface area contributed by atoms with Crippen LogP contribution in [0.5, 0.6) is 0 Å². The number of amides is 1. The molecule has 1 amide bonds. The highest BCUT2D eigenvalue weighted by atomic mass is 32.1. The van der Waals surface area contributed by atoms with Gasteiger partial charge in [0.2, 0.25) is 0 Å². The Morgan fingerprint density at radius 3 is 2.52 bits per heavy atom. The van der Waals surface area contributed by atoms with E-state index < -0.39 is 23.2 Å². The fourth-order valence-electron chi connectivity index (χ4n) is 1.85. The molecule has 0 atom stereocenters. The molecule has 5 nitrogen and oxygen atoms in total. The van der Waals surface area contributed by atoms with E-state index in [1.165, 1.54) is 16.2 Å². The Hall–Kier alpha value is -2.06. The van der Waals surface area contributed by atoms with E-state index in [1.54, 1.807) is 7.05 Å². The third-order valence-electron chi connectivity index (χ3n) is 2.85. The summed E-state index contributed by atoms with van der Waals surface area (Å²) in [6, 6.07) is 1.90. The Labute approximate surface area is 124 Å². The van der Waals surface area contributed by atoms with Crippen LogP contribution < -0.4 is 11.3 Å². The number of benzene rings is 1. The number of nitrogen functional groups attached to an aromatic ring is 1. The van der Waals surface area contributed by atoms with Crippen molar-refractivity contribution >= 4 is 22.9 Å². The monoisotopic (exact) mass is 312 g/mol. The number of rotatable bonds is 4. The van der Waals surface area contributed by atoms with Gasteiger partial charge in [0.15, 0.2) is 11.6 Å². The van der Waals surface area contributed by atoms with E-state index in [9.17, 15) is 13.6 Å². The van der Waals surface area contributed by atoms with Gasteiger partial charge in [-0.15, -0.1) is 11.3 Å². The zero-order chi connectivity index (χ0) is 15.6. The van der Waals surface area contributed by atoms with E-state index in [1.807, 2.05) is 17.7 Å². The fraction of sp³-hybridized carbons (Fsp3) is 0.231. The summed E-state index contributed by atoms with van der Waals surface area (Å²) in [6.07, 6.45) is 0. The number of carbonyl (C=O) groups excluding carboxylic acids is 1. The predicted octanol–water partition coefficient (Wildman–Crippen LogP) is 2.29. The molecule has 3 N–H and O–H groups in total. The molecule has 112 valence electrons. The minimum atomic E-state index is -0.918. The van der Waals surface area contributed by atoms with E-state index in [0.29, 0.717) is 0 Å². The number of nitrogens with two attached hydrogens (primary N) is 1. The number of nitrogens with one attached hydrogen (secondary N) is 1. The molecule has 1 heterocycles. The highest BCUT2D eigenvalue weighted by molar-refractivity contribution is 7.09. The highest BCUT2D eigenvalue weighted by Gasteiger charge is 2.18. The summed E-state index contributed by atoms with van der Waals surface area (Å²) in [6.45, 7) is 2.13. The molecule has 21 heavy (non-hydrogen) atoms. The zero-order valence-electron chi connectivity index (χ0n) is 11.5. The lowest BCUT2D eigenvalue weighted by Crippen LogP contribution is -2.26. The average Bonchev–Trinajstić information content (AvgIpc) is 2.82. The molecule has 0 spiro atoms. The molecule has 1 aromatic carbocycles. The van der Waals surface area contributed by atoms with Crippen LogP contribution in [0.4, 0.5) is 14.5 Å². The molecule has 0 unspecified atom stereocenters. The Balaban J connectivity index is 2.19. The maximum atomic E-state index is 13.6. The molecule has 1 aromatic heterocycles. The third kappa shape index (κ3) is 3.34. The number of thiazole rings is 1. The number of hydrazine groups is 1. The van der Waals surface area contributed by atoms with Gasteiger partial charge in [0, 0.05) is 18.0 Å². The second-order valence-electron chi connectivity index (χ2n) is 4.48. The minimum absolute atomic E-state index is 0.0848. The van der Waals surface area contributed by atoms with E-state index in [2.05, 4.69) is 4.98 Å². The number of carbonyl (C=O) groups is 1. The first kappa shape index (κ1) is 15.3. The standard InChI is InChI=1S/C13H14F2N4OS/c1-7-17-9(6-21-7)5-19(2)13(20)8-3-10(14)12(18-16)11(15)4-8/h3-4,6,18H,5,16H2,1-2H3. The summed E-state index contributed by atoms with van der Waals surface area (Å²) < 4.78 is 27.2. The van der Waals surface area contributed by atoms with Crippen molar-refractivity contribution < 1.29 is 13.6 Å². The van der Waals surface area contributed by atoms with Gasteiger partial charge < -0.3 is 10.3 Å². The van der Waals surface area contributed by atoms with E-state index in [0.717, 1.165) is 22.8 Å². The normalized spacial score (nSPS) is 10.5. The molecule has 0 bridgehead atoms. The summed E-state index contributed by atoms with van der Waals surface area (Å²) in [7, 11) is 1.54. The predicted molar refractivity (Wildman–Crippen MR) is 76.8 cm³/mol. The average molecular weight is 312 g/mol. The Kier molecular flexibility index (Phi) is 4.49. The Morgan fingerprint density at radius 1 is 1.43 bits per heavy atom. The van der Waals surface area contributed by atoms with E-state index in [4.69, 9.17) is 5.84 Å². The largest absolute Gasteiger partial charge is 0.336 e. The zero-order valence-corrected chi connectivity index (χ0v) is 12.3. The second-order valence-corrected chi connectivity index (χ2v) is 5.54. The molecule has 0 saturated carbocycles. The van der Waals surface area contributed by atoms with Gasteiger partial charge in [-0.25, -0.2) is 13.8 Å². The van der Waals surface area contributed by atoms with Crippen molar-refractivity contribution in [1.29, 1.82) is 0 Å². The van der Waals surface area contributed by atoms with Crippen molar-refractivity contribution in [2.45, 2.75) is 13.5 Å². The molecular weight excluding hydrogens is 298 g/mol. The van der Waals surface area contributed by atoms with Crippen LogP contribution >= 0.6 is 11.3 Å². The number of hydrogen-bond donors (Lipinski definition) is 2. The van der Waals surface area contributed by atoms with Gasteiger partial charge in [0.25, 0.3) is 5.91 Å². The second kappa shape index (κ2) is 6.15. The van der Waals surface area contributed by atoms with Gasteiger partial charge in [-0.05, 0) is 19.1 Å². The van der Waals surface area contributed by atoms with Crippen molar-refractivity contribution in [2.24, 2.45) is 5.84 Å². The van der Waals surface area contributed by atoms with Gasteiger partial charge in [-0.2, -0.15) is 0 Å². The molecule has 2 rings (SSSR count). The molecule has 8 heteroatoms. The molecule has 0 aliphatic carbocycles. The van der Waals surface area contributed by atoms with E-state index >= 15 is 0 Å². The molecule has 0 aliphatic heterocycles. The summed E-state index contributed by atoms with van der Waals surface area (Å²) in [5, 5.41) is 2.73. The van der Waals surface area contributed by atoms with Crippen molar-refractivity contribution in [1.82, 2.24) is 9.88 Å². The molecular formula is C13H14F2N4OS. The van der Waals surface area contributed by atoms with Crippen LogP contribution in [0.3, 0.4) is 0 Å². The van der Waals surface area contributed by atoms with Crippen LogP contribution in [-0.2, 0) is 6.54 Å². The molecule has 2 aromatic rings. The smallest absolute Gasteiger partial charge is 0.254 e. The summed E-state index contributed by atoms with van der Waals surface area (Å²) >= 11 is 1.47. The van der Waals surface area contributed by atoms with Crippen molar-refractivity contribution in [3.05, 3.63) is 45.4 Å². The van der Waals surface area contributed by atoms with Gasteiger partial charge in [0.1, 0.15) is 5.69 Å². The lowest BCUT2D eigenvalue weighted by Gasteiger charge is -2.16. The van der Waals surface area contributed by atoms with Crippen LogP contribution in [0.1, 0.15) is 21.1 Å². The maximum absolute atomic E-state index is 13.6. The quantitative estimate of drug-likeness (QED) is 0.671. The lowest BCUT2D eigenvalue weighted by atomic mass is 10.1. The number of aromatic nitrogens is 1. The minimum Gasteiger partial charge on any atom is -0.336 e. The van der Waals surface area contributed by atoms with Crippen LogP contribution in [0, 0.1) is 18.6 Å². The number of anilines is 1. The fourth-order valence-corrected chi connectivity index (χ4v) is 2.45. The number of nitrogens with zero attached hydrogens (tertiary/aromatic N) is 2. The van der Waals surface area contributed by atoms with Crippen molar-refractivity contribution in [3.63, 3.8) is 0 Å². The number of hydrogen-bond acceptors (Lipinski definition) is 5. The van der Waals surface area contributed by atoms with Gasteiger partial charge in [-0.3, -0.25) is 10.6 Å². The number of halogens is 2. The topological polar surface area (TPSA) is 71.2 Å². The van der Waals surface area contributed by atoms with Crippen LogP contribution in [-0.4, -0.2) is 22.8 Å². The Morgan fingerprint density at radius 2 is 2.05 bits per heavy atom.